The zero-order valence-corrected chi connectivity index (χ0v) is 13.5. The van der Waals surface area contributed by atoms with Gasteiger partial charge in [-0.1, -0.05) is 24.3 Å². The number of hydrazone groups is 1. The fourth-order valence-corrected chi connectivity index (χ4v) is 2.13. The van der Waals surface area contributed by atoms with Gasteiger partial charge in [0, 0.05) is 4.47 Å². The van der Waals surface area contributed by atoms with Gasteiger partial charge in [-0.25, -0.2) is 9.82 Å². The third-order valence-corrected chi connectivity index (χ3v) is 3.49. The summed E-state index contributed by atoms with van der Waals surface area (Å²) in [6, 6.07) is 12.5. The summed E-state index contributed by atoms with van der Waals surface area (Å²) in [4.78, 5) is 23.5. The largest absolute Gasteiger partial charge is 0.343 e. The van der Waals surface area contributed by atoms with E-state index >= 15 is 0 Å². The molecule has 0 aliphatic heterocycles. The van der Waals surface area contributed by atoms with Crippen molar-refractivity contribution in [3.63, 3.8) is 0 Å². The van der Waals surface area contributed by atoms with E-state index in [0.29, 0.717) is 15.6 Å². The molecule has 0 bridgehead atoms. The van der Waals surface area contributed by atoms with Gasteiger partial charge in [0.25, 0.3) is 11.8 Å². The zero-order chi connectivity index (χ0) is 16.7. The molecule has 0 saturated heterocycles. The SMILES string of the molecule is O=C(CNC(=O)c1ccccc1Br)NN=Cc1ccc(F)cc1. The van der Waals surface area contributed by atoms with E-state index in [0.717, 1.165) is 0 Å². The van der Waals surface area contributed by atoms with Crippen molar-refractivity contribution in [2.24, 2.45) is 5.10 Å². The molecule has 0 atom stereocenters. The van der Waals surface area contributed by atoms with Crippen LogP contribution < -0.4 is 10.7 Å². The van der Waals surface area contributed by atoms with E-state index in [4.69, 9.17) is 0 Å². The van der Waals surface area contributed by atoms with Gasteiger partial charge in [-0.3, -0.25) is 9.59 Å². The minimum Gasteiger partial charge on any atom is -0.343 e. The van der Waals surface area contributed by atoms with E-state index in [-0.39, 0.29) is 18.3 Å². The average Bonchev–Trinajstić information content (AvgIpc) is 2.55. The summed E-state index contributed by atoms with van der Waals surface area (Å²) in [6.07, 6.45) is 1.38. The van der Waals surface area contributed by atoms with Crippen LogP contribution in [-0.4, -0.2) is 24.6 Å². The number of carbonyl (C=O) groups excluding carboxylic acids is 2. The Labute approximate surface area is 140 Å². The molecule has 0 radical (unpaired) electrons. The van der Waals surface area contributed by atoms with Crippen molar-refractivity contribution in [2.75, 3.05) is 6.54 Å². The second-order valence-corrected chi connectivity index (χ2v) is 5.36. The minimum atomic E-state index is -0.469. The predicted octanol–water partition coefficient (Wildman–Crippen LogP) is 2.47. The first-order valence-corrected chi connectivity index (χ1v) is 7.46. The molecular weight excluding hydrogens is 365 g/mol. The van der Waals surface area contributed by atoms with Gasteiger partial charge in [0.1, 0.15) is 5.82 Å². The van der Waals surface area contributed by atoms with Crippen LogP contribution in [0, 0.1) is 5.82 Å². The highest BCUT2D eigenvalue weighted by molar-refractivity contribution is 9.10. The topological polar surface area (TPSA) is 70.6 Å². The van der Waals surface area contributed by atoms with Gasteiger partial charge >= 0.3 is 0 Å². The third kappa shape index (κ3) is 5.30. The molecule has 0 heterocycles. The van der Waals surface area contributed by atoms with E-state index in [1.54, 1.807) is 24.3 Å². The van der Waals surface area contributed by atoms with Crippen LogP contribution in [0.4, 0.5) is 4.39 Å². The molecule has 0 aromatic heterocycles. The van der Waals surface area contributed by atoms with Gasteiger partial charge in [-0.15, -0.1) is 0 Å². The van der Waals surface area contributed by atoms with Gasteiger partial charge < -0.3 is 5.32 Å². The summed E-state index contributed by atoms with van der Waals surface area (Å²) in [5.41, 5.74) is 3.36. The molecular formula is C16H13BrFN3O2. The van der Waals surface area contributed by atoms with E-state index in [2.05, 4.69) is 31.8 Å². The standard InChI is InChI=1S/C16H13BrFN3O2/c17-14-4-2-1-3-13(14)16(23)19-10-15(22)21-20-9-11-5-7-12(18)8-6-11/h1-9H,10H2,(H,19,23)(H,21,22). The lowest BCUT2D eigenvalue weighted by atomic mass is 10.2. The molecule has 0 fully saturated rings. The maximum Gasteiger partial charge on any atom is 0.259 e. The Morgan fingerprint density at radius 3 is 2.52 bits per heavy atom. The van der Waals surface area contributed by atoms with Gasteiger partial charge in [0.05, 0.1) is 18.3 Å². The number of nitrogens with one attached hydrogen (secondary N) is 2. The fraction of sp³-hybridized carbons (Fsp3) is 0.0625. The first-order valence-electron chi connectivity index (χ1n) is 6.66. The molecule has 5 nitrogen and oxygen atoms in total. The van der Waals surface area contributed by atoms with Crippen molar-refractivity contribution in [3.05, 3.63) is 69.9 Å². The average molecular weight is 378 g/mol. The van der Waals surface area contributed by atoms with Crippen LogP contribution in [0.25, 0.3) is 0 Å². The van der Waals surface area contributed by atoms with Crippen LogP contribution in [0.15, 0.2) is 58.1 Å². The highest BCUT2D eigenvalue weighted by atomic mass is 79.9. The molecule has 23 heavy (non-hydrogen) atoms. The Morgan fingerprint density at radius 1 is 1.13 bits per heavy atom. The van der Waals surface area contributed by atoms with E-state index < -0.39 is 5.91 Å². The number of carbonyl (C=O) groups is 2. The molecule has 2 rings (SSSR count). The Hall–Kier alpha value is -2.54. The molecule has 2 aromatic carbocycles. The number of benzene rings is 2. The Kier molecular flexibility index (Phi) is 5.99. The Bertz CT molecular complexity index is 732. The lowest BCUT2D eigenvalue weighted by Gasteiger charge is -2.05. The van der Waals surface area contributed by atoms with Crippen molar-refractivity contribution < 1.29 is 14.0 Å². The zero-order valence-electron chi connectivity index (χ0n) is 11.9. The van der Waals surface area contributed by atoms with Gasteiger partial charge in [0.2, 0.25) is 0 Å². The second-order valence-electron chi connectivity index (χ2n) is 4.51. The molecule has 2 aromatic rings. The van der Waals surface area contributed by atoms with Crippen molar-refractivity contribution >= 4 is 34.0 Å². The summed E-state index contributed by atoms with van der Waals surface area (Å²) < 4.78 is 13.4. The second kappa shape index (κ2) is 8.19. The van der Waals surface area contributed by atoms with Crippen LogP contribution in [0.5, 0.6) is 0 Å². The van der Waals surface area contributed by atoms with Crippen molar-refractivity contribution in [3.8, 4) is 0 Å². The van der Waals surface area contributed by atoms with E-state index in [1.165, 1.54) is 30.5 Å². The normalized spacial score (nSPS) is 10.5. The van der Waals surface area contributed by atoms with Crippen LogP contribution in [-0.2, 0) is 4.79 Å². The smallest absolute Gasteiger partial charge is 0.259 e. The quantitative estimate of drug-likeness (QED) is 0.620. The van der Waals surface area contributed by atoms with Gasteiger partial charge in [0.15, 0.2) is 0 Å². The number of halogens is 2. The molecule has 0 unspecified atom stereocenters. The molecule has 2 N–H and O–H groups in total. The van der Waals surface area contributed by atoms with Crippen LogP contribution >= 0.6 is 15.9 Å². The molecule has 7 heteroatoms. The van der Waals surface area contributed by atoms with E-state index in [9.17, 15) is 14.0 Å². The van der Waals surface area contributed by atoms with Crippen LogP contribution in [0.1, 0.15) is 15.9 Å². The van der Waals surface area contributed by atoms with Crippen LogP contribution in [0.2, 0.25) is 0 Å². The lowest BCUT2D eigenvalue weighted by molar-refractivity contribution is -0.120. The molecule has 0 saturated carbocycles. The fourth-order valence-electron chi connectivity index (χ4n) is 1.67. The molecule has 0 aliphatic carbocycles. The van der Waals surface area contributed by atoms with Gasteiger partial charge in [-0.2, -0.15) is 5.10 Å². The van der Waals surface area contributed by atoms with Crippen molar-refractivity contribution in [1.82, 2.24) is 10.7 Å². The first kappa shape index (κ1) is 16.8. The Morgan fingerprint density at radius 2 is 1.83 bits per heavy atom. The van der Waals surface area contributed by atoms with E-state index in [1.807, 2.05) is 0 Å². The van der Waals surface area contributed by atoms with Crippen molar-refractivity contribution in [1.29, 1.82) is 0 Å². The minimum absolute atomic E-state index is 0.207. The lowest BCUT2D eigenvalue weighted by Crippen LogP contribution is -2.35. The predicted molar refractivity (Wildman–Crippen MR) is 88.6 cm³/mol. The number of hydrogen-bond acceptors (Lipinski definition) is 3. The summed E-state index contributed by atoms with van der Waals surface area (Å²) in [5.74, 6) is -1.18. The summed E-state index contributed by atoms with van der Waals surface area (Å²) >= 11 is 3.27. The maximum absolute atomic E-state index is 12.7. The van der Waals surface area contributed by atoms with Crippen LogP contribution in [0.3, 0.4) is 0 Å². The number of hydrogen-bond donors (Lipinski definition) is 2. The summed E-state index contributed by atoms with van der Waals surface area (Å²) in [7, 11) is 0. The number of nitrogens with zero attached hydrogens (tertiary/aromatic N) is 1. The molecule has 2 amide bonds. The molecule has 118 valence electrons. The van der Waals surface area contributed by atoms with Crippen molar-refractivity contribution in [2.45, 2.75) is 0 Å². The highest BCUT2D eigenvalue weighted by Gasteiger charge is 2.10. The molecule has 0 spiro atoms. The third-order valence-electron chi connectivity index (χ3n) is 2.80. The number of amides is 2. The first-order chi connectivity index (χ1) is 11.1. The van der Waals surface area contributed by atoms with Gasteiger partial charge in [-0.05, 0) is 45.8 Å². The highest BCUT2D eigenvalue weighted by Crippen LogP contribution is 2.15. The summed E-state index contributed by atoms with van der Waals surface area (Å²) in [6.45, 7) is -0.207. The number of rotatable bonds is 5. The monoisotopic (exact) mass is 377 g/mol. The molecule has 0 aliphatic rings. The maximum atomic E-state index is 12.7. The Balaban J connectivity index is 1.80. The summed E-state index contributed by atoms with van der Waals surface area (Å²) in [5, 5.41) is 6.22.